The molecule has 26 heavy (non-hydrogen) atoms. The number of nitrogens with one attached hydrogen (secondary N) is 3. The topological polar surface area (TPSA) is 87.8 Å². The monoisotopic (exact) mass is 370 g/mol. The molecule has 3 heterocycles. The molecule has 0 amide bonds. The van der Waals surface area contributed by atoms with Gasteiger partial charge in [0.1, 0.15) is 24.0 Å². The van der Waals surface area contributed by atoms with Crippen LogP contribution in [0.2, 0.25) is 5.02 Å². The quantitative estimate of drug-likeness (QED) is 0.639. The largest absolute Gasteiger partial charge is 0.486 e. The summed E-state index contributed by atoms with van der Waals surface area (Å²) < 4.78 is 5.80. The van der Waals surface area contributed by atoms with Crippen molar-refractivity contribution in [2.75, 3.05) is 11.9 Å². The molecule has 0 bridgehead atoms. The van der Waals surface area contributed by atoms with Crippen LogP contribution in [0.3, 0.4) is 0 Å². The number of anilines is 2. The van der Waals surface area contributed by atoms with Gasteiger partial charge in [0.25, 0.3) is 0 Å². The summed E-state index contributed by atoms with van der Waals surface area (Å²) in [5, 5.41) is 14.5. The van der Waals surface area contributed by atoms with Crippen molar-refractivity contribution in [2.24, 2.45) is 0 Å². The van der Waals surface area contributed by atoms with Crippen molar-refractivity contribution in [2.45, 2.75) is 26.5 Å². The molecule has 0 saturated heterocycles. The second-order valence-electron chi connectivity index (χ2n) is 6.13. The van der Waals surface area contributed by atoms with Gasteiger partial charge in [-0.3, -0.25) is 5.10 Å². The van der Waals surface area contributed by atoms with Gasteiger partial charge in [-0.2, -0.15) is 5.10 Å². The van der Waals surface area contributed by atoms with Crippen molar-refractivity contribution < 1.29 is 4.74 Å². The van der Waals surface area contributed by atoms with Gasteiger partial charge in [0.05, 0.1) is 11.4 Å². The number of aromatic nitrogens is 4. The maximum Gasteiger partial charge on any atom is 0.168 e. The lowest BCUT2D eigenvalue weighted by molar-refractivity contribution is 0.295. The molecule has 2 aromatic heterocycles. The van der Waals surface area contributed by atoms with E-state index >= 15 is 0 Å². The third kappa shape index (κ3) is 3.79. The predicted molar refractivity (Wildman–Crippen MR) is 99.8 cm³/mol. The van der Waals surface area contributed by atoms with Gasteiger partial charge in [-0.15, -0.1) is 0 Å². The second kappa shape index (κ2) is 7.31. The molecule has 0 fully saturated rings. The highest BCUT2D eigenvalue weighted by atomic mass is 35.5. The van der Waals surface area contributed by atoms with Gasteiger partial charge in [-0.25, -0.2) is 9.97 Å². The second-order valence-corrected chi connectivity index (χ2v) is 6.57. The number of ether oxygens (including phenoxy) is 1. The van der Waals surface area contributed by atoms with Gasteiger partial charge in [0.2, 0.25) is 0 Å². The lowest BCUT2D eigenvalue weighted by Gasteiger charge is -2.20. The van der Waals surface area contributed by atoms with E-state index in [1.807, 2.05) is 25.1 Å². The molecule has 8 heteroatoms. The molecule has 7 nitrogen and oxygen atoms in total. The Balaban J connectivity index is 1.58. The molecule has 1 aliphatic heterocycles. The standard InChI is InChI=1S/C18H19ClN6O/c1-11-8-16(25-24-11)22-18-14-9-20-7-6-15(14)21-17(23-18)10-26-13-4-2-12(19)3-5-13/h2-5,8,20H,6-7,9-10H2,1H3,(H2,21,22,23,24,25). The minimum Gasteiger partial charge on any atom is -0.486 e. The van der Waals surface area contributed by atoms with E-state index in [9.17, 15) is 0 Å². The van der Waals surface area contributed by atoms with E-state index in [2.05, 4.69) is 30.8 Å². The zero-order chi connectivity index (χ0) is 17.9. The van der Waals surface area contributed by atoms with Crippen LogP contribution in [-0.4, -0.2) is 26.7 Å². The SMILES string of the molecule is Cc1cc(Nc2nc(COc3ccc(Cl)cc3)nc3c2CNCC3)[nH]n1. The molecule has 0 atom stereocenters. The Morgan fingerprint density at radius 1 is 1.23 bits per heavy atom. The maximum atomic E-state index is 5.91. The number of benzene rings is 1. The average molecular weight is 371 g/mol. The smallest absolute Gasteiger partial charge is 0.168 e. The van der Waals surface area contributed by atoms with E-state index in [-0.39, 0.29) is 0 Å². The maximum absolute atomic E-state index is 5.91. The summed E-state index contributed by atoms with van der Waals surface area (Å²) in [6.45, 7) is 3.87. The van der Waals surface area contributed by atoms with Crippen LogP contribution in [0.15, 0.2) is 30.3 Å². The summed E-state index contributed by atoms with van der Waals surface area (Å²) in [5.41, 5.74) is 3.05. The molecule has 4 rings (SSSR count). The van der Waals surface area contributed by atoms with Crippen LogP contribution in [0.25, 0.3) is 0 Å². The summed E-state index contributed by atoms with van der Waals surface area (Å²) >= 11 is 5.91. The Hall–Kier alpha value is -2.64. The summed E-state index contributed by atoms with van der Waals surface area (Å²) in [6.07, 6.45) is 0.864. The van der Waals surface area contributed by atoms with Crippen LogP contribution < -0.4 is 15.4 Å². The molecule has 3 aromatic rings. The molecular formula is C18H19ClN6O. The van der Waals surface area contributed by atoms with Crippen molar-refractivity contribution >= 4 is 23.2 Å². The minimum atomic E-state index is 0.291. The van der Waals surface area contributed by atoms with E-state index in [0.717, 1.165) is 53.8 Å². The molecule has 134 valence electrons. The highest BCUT2D eigenvalue weighted by Crippen LogP contribution is 2.24. The van der Waals surface area contributed by atoms with Crippen LogP contribution in [0.4, 0.5) is 11.6 Å². The van der Waals surface area contributed by atoms with Gasteiger partial charge < -0.3 is 15.4 Å². The van der Waals surface area contributed by atoms with Crippen LogP contribution in [0, 0.1) is 6.92 Å². The van der Waals surface area contributed by atoms with Crippen LogP contribution in [-0.2, 0) is 19.6 Å². The first-order chi connectivity index (χ1) is 12.7. The number of hydrogen-bond acceptors (Lipinski definition) is 6. The number of H-pyrrole nitrogens is 1. The molecule has 0 spiro atoms. The van der Waals surface area contributed by atoms with E-state index in [1.54, 1.807) is 12.1 Å². The molecule has 0 saturated carbocycles. The molecule has 1 aromatic carbocycles. The predicted octanol–water partition coefficient (Wildman–Crippen LogP) is 3.13. The Labute approximate surface area is 156 Å². The van der Waals surface area contributed by atoms with E-state index < -0.39 is 0 Å². The lowest BCUT2D eigenvalue weighted by atomic mass is 10.1. The first-order valence-corrected chi connectivity index (χ1v) is 8.82. The number of nitrogens with zero attached hydrogens (tertiary/aromatic N) is 3. The van der Waals surface area contributed by atoms with Gasteiger partial charge in [0, 0.05) is 36.2 Å². The van der Waals surface area contributed by atoms with Gasteiger partial charge >= 0.3 is 0 Å². The summed E-state index contributed by atoms with van der Waals surface area (Å²) in [5.74, 6) is 2.95. The molecule has 1 aliphatic rings. The summed E-state index contributed by atoms with van der Waals surface area (Å²) in [7, 11) is 0. The molecule has 0 unspecified atom stereocenters. The highest BCUT2D eigenvalue weighted by Gasteiger charge is 2.18. The third-order valence-corrected chi connectivity index (χ3v) is 4.37. The Morgan fingerprint density at radius 3 is 2.85 bits per heavy atom. The Morgan fingerprint density at radius 2 is 2.08 bits per heavy atom. The normalized spacial score (nSPS) is 13.3. The lowest BCUT2D eigenvalue weighted by Crippen LogP contribution is -2.27. The fraction of sp³-hybridized carbons (Fsp3) is 0.278. The summed E-state index contributed by atoms with van der Waals surface area (Å²) in [6, 6.07) is 9.19. The number of halogens is 1. The average Bonchev–Trinajstić information content (AvgIpc) is 3.06. The number of aryl methyl sites for hydroxylation is 1. The molecule has 0 radical (unpaired) electrons. The summed E-state index contributed by atoms with van der Waals surface area (Å²) in [4.78, 5) is 9.35. The minimum absolute atomic E-state index is 0.291. The Kier molecular flexibility index (Phi) is 4.73. The van der Waals surface area contributed by atoms with Crippen molar-refractivity contribution in [1.29, 1.82) is 0 Å². The van der Waals surface area contributed by atoms with Gasteiger partial charge in [-0.1, -0.05) is 11.6 Å². The van der Waals surface area contributed by atoms with Crippen molar-refractivity contribution in [3.05, 3.63) is 58.1 Å². The van der Waals surface area contributed by atoms with Crippen LogP contribution >= 0.6 is 11.6 Å². The zero-order valence-corrected chi connectivity index (χ0v) is 15.1. The first kappa shape index (κ1) is 16.8. The third-order valence-electron chi connectivity index (χ3n) is 4.12. The van der Waals surface area contributed by atoms with Crippen LogP contribution in [0.1, 0.15) is 22.8 Å². The van der Waals surface area contributed by atoms with Crippen LogP contribution in [0.5, 0.6) is 5.75 Å². The first-order valence-electron chi connectivity index (χ1n) is 8.44. The zero-order valence-electron chi connectivity index (χ0n) is 14.3. The van der Waals surface area contributed by atoms with Crippen molar-refractivity contribution in [3.63, 3.8) is 0 Å². The highest BCUT2D eigenvalue weighted by molar-refractivity contribution is 6.30. The number of fused-ring (bicyclic) bond motifs is 1. The molecule has 3 N–H and O–H groups in total. The van der Waals surface area contributed by atoms with Gasteiger partial charge in [-0.05, 0) is 31.2 Å². The van der Waals surface area contributed by atoms with Crippen molar-refractivity contribution in [3.8, 4) is 5.75 Å². The van der Waals surface area contributed by atoms with Crippen molar-refractivity contribution in [1.82, 2.24) is 25.5 Å². The van der Waals surface area contributed by atoms with E-state index in [1.165, 1.54) is 0 Å². The number of hydrogen-bond donors (Lipinski definition) is 3. The van der Waals surface area contributed by atoms with Gasteiger partial charge in [0.15, 0.2) is 5.82 Å². The molecule has 0 aliphatic carbocycles. The number of aromatic amines is 1. The Bertz CT molecular complexity index is 909. The fourth-order valence-electron chi connectivity index (χ4n) is 2.85. The fourth-order valence-corrected chi connectivity index (χ4v) is 2.98. The number of rotatable bonds is 5. The van der Waals surface area contributed by atoms with E-state index in [4.69, 9.17) is 16.3 Å². The molecular weight excluding hydrogens is 352 g/mol. The van der Waals surface area contributed by atoms with E-state index in [0.29, 0.717) is 17.5 Å².